The van der Waals surface area contributed by atoms with Crippen LogP contribution < -0.4 is 5.73 Å². The van der Waals surface area contributed by atoms with Gasteiger partial charge in [-0.05, 0) is 13.3 Å². The van der Waals surface area contributed by atoms with Crippen molar-refractivity contribution in [1.29, 1.82) is 0 Å². The zero-order valence-corrected chi connectivity index (χ0v) is 9.23. The van der Waals surface area contributed by atoms with Crippen LogP contribution in [0, 0.1) is 0 Å². The molecular formula is C10H18N2S. The largest absolute Gasteiger partial charge is 0.320 e. The summed E-state index contributed by atoms with van der Waals surface area (Å²) in [5, 5.41) is 3.05. The van der Waals surface area contributed by atoms with Crippen LogP contribution in [0.25, 0.3) is 0 Å². The van der Waals surface area contributed by atoms with Crippen molar-refractivity contribution >= 4 is 11.3 Å². The number of nitrogens with zero attached hydrogens (tertiary/aromatic N) is 1. The lowest BCUT2D eigenvalue weighted by atomic mass is 9.96. The Kier molecular flexibility index (Phi) is 3.88. The van der Waals surface area contributed by atoms with Gasteiger partial charge in [-0.2, -0.15) is 0 Å². The summed E-state index contributed by atoms with van der Waals surface area (Å²) in [7, 11) is 0. The van der Waals surface area contributed by atoms with E-state index in [4.69, 9.17) is 5.73 Å². The fourth-order valence-corrected chi connectivity index (χ4v) is 2.10. The molecule has 0 spiro atoms. The van der Waals surface area contributed by atoms with Crippen LogP contribution in [-0.2, 0) is 5.54 Å². The lowest BCUT2D eigenvalue weighted by Gasteiger charge is -2.21. The van der Waals surface area contributed by atoms with Crippen LogP contribution in [0.2, 0.25) is 0 Å². The Balaban J connectivity index is 2.46. The van der Waals surface area contributed by atoms with E-state index in [2.05, 4.69) is 18.8 Å². The molecule has 1 aromatic rings. The molecule has 0 aromatic carbocycles. The van der Waals surface area contributed by atoms with E-state index in [0.717, 1.165) is 11.4 Å². The third kappa shape index (κ3) is 3.08. The second kappa shape index (κ2) is 4.72. The molecule has 2 N–H and O–H groups in total. The average Bonchev–Trinajstić information content (AvgIpc) is 2.56. The molecule has 1 atom stereocenters. The van der Waals surface area contributed by atoms with Gasteiger partial charge in [0, 0.05) is 11.6 Å². The molecule has 1 heterocycles. The Hall–Kier alpha value is -0.410. The van der Waals surface area contributed by atoms with Crippen molar-refractivity contribution in [3.8, 4) is 0 Å². The number of rotatable bonds is 5. The smallest absolute Gasteiger partial charge is 0.112 e. The zero-order valence-electron chi connectivity index (χ0n) is 8.42. The minimum absolute atomic E-state index is 0.219. The predicted molar refractivity (Wildman–Crippen MR) is 57.8 cm³/mol. The number of unbranched alkanes of at least 4 members (excludes halogenated alkanes) is 2. The van der Waals surface area contributed by atoms with Crippen LogP contribution in [0.1, 0.15) is 44.5 Å². The van der Waals surface area contributed by atoms with E-state index >= 15 is 0 Å². The Bertz CT molecular complexity index is 229. The fraction of sp³-hybridized carbons (Fsp3) is 0.700. The molecule has 0 saturated carbocycles. The van der Waals surface area contributed by atoms with Crippen LogP contribution in [0.4, 0.5) is 0 Å². The second-order valence-electron chi connectivity index (χ2n) is 3.71. The summed E-state index contributed by atoms with van der Waals surface area (Å²) in [5.74, 6) is 0. The lowest BCUT2D eigenvalue weighted by molar-refractivity contribution is 0.425. The standard InChI is InChI=1S/C10H18N2S/c1-3-4-5-6-10(2,11)9-12-7-8-13-9/h7-8H,3-6,11H2,1-2H3. The summed E-state index contributed by atoms with van der Waals surface area (Å²) in [6.07, 6.45) is 6.56. The van der Waals surface area contributed by atoms with Gasteiger partial charge in [-0.1, -0.05) is 26.2 Å². The highest BCUT2D eigenvalue weighted by Crippen LogP contribution is 2.25. The van der Waals surface area contributed by atoms with Crippen molar-refractivity contribution in [1.82, 2.24) is 4.98 Å². The van der Waals surface area contributed by atoms with Crippen LogP contribution in [0.3, 0.4) is 0 Å². The third-order valence-corrected chi connectivity index (χ3v) is 3.27. The minimum Gasteiger partial charge on any atom is -0.320 e. The first-order valence-corrected chi connectivity index (χ1v) is 5.73. The molecule has 74 valence electrons. The number of thiazole rings is 1. The second-order valence-corrected chi connectivity index (χ2v) is 4.61. The Morgan fingerprint density at radius 2 is 2.31 bits per heavy atom. The molecule has 0 aliphatic carbocycles. The summed E-state index contributed by atoms with van der Waals surface area (Å²) in [4.78, 5) is 4.26. The van der Waals surface area contributed by atoms with E-state index in [9.17, 15) is 0 Å². The molecule has 0 aliphatic rings. The summed E-state index contributed by atoms with van der Waals surface area (Å²) < 4.78 is 0. The van der Waals surface area contributed by atoms with Crippen molar-refractivity contribution < 1.29 is 0 Å². The van der Waals surface area contributed by atoms with Gasteiger partial charge in [0.2, 0.25) is 0 Å². The van der Waals surface area contributed by atoms with Crippen LogP contribution in [0.15, 0.2) is 11.6 Å². The quantitative estimate of drug-likeness (QED) is 0.739. The fourth-order valence-electron chi connectivity index (χ4n) is 1.35. The lowest BCUT2D eigenvalue weighted by Crippen LogP contribution is -2.32. The van der Waals surface area contributed by atoms with Crippen LogP contribution in [-0.4, -0.2) is 4.98 Å². The maximum Gasteiger partial charge on any atom is 0.112 e. The molecule has 0 aliphatic heterocycles. The molecule has 0 bridgehead atoms. The van der Waals surface area contributed by atoms with E-state index in [-0.39, 0.29) is 5.54 Å². The van der Waals surface area contributed by atoms with E-state index < -0.39 is 0 Å². The van der Waals surface area contributed by atoms with Gasteiger partial charge in [-0.15, -0.1) is 11.3 Å². The van der Waals surface area contributed by atoms with Gasteiger partial charge in [0.25, 0.3) is 0 Å². The first kappa shape index (κ1) is 10.7. The van der Waals surface area contributed by atoms with Crippen molar-refractivity contribution in [2.45, 2.75) is 45.1 Å². The highest BCUT2D eigenvalue weighted by atomic mass is 32.1. The van der Waals surface area contributed by atoms with E-state index in [1.165, 1.54) is 19.3 Å². The van der Waals surface area contributed by atoms with Crippen molar-refractivity contribution in [2.75, 3.05) is 0 Å². The van der Waals surface area contributed by atoms with Gasteiger partial charge in [0.15, 0.2) is 0 Å². The first-order chi connectivity index (χ1) is 6.17. The third-order valence-electron chi connectivity index (χ3n) is 2.22. The zero-order chi connectivity index (χ0) is 9.73. The molecule has 3 heteroatoms. The molecular weight excluding hydrogens is 180 g/mol. The van der Waals surface area contributed by atoms with Gasteiger partial charge in [0.05, 0.1) is 5.54 Å². The number of nitrogens with two attached hydrogens (primary N) is 1. The number of aromatic nitrogens is 1. The molecule has 0 amide bonds. The average molecular weight is 198 g/mol. The number of hydrogen-bond donors (Lipinski definition) is 1. The Morgan fingerprint density at radius 3 is 2.85 bits per heavy atom. The Labute approximate surface area is 84.2 Å². The summed E-state index contributed by atoms with van der Waals surface area (Å²) in [5.41, 5.74) is 5.95. The van der Waals surface area contributed by atoms with Gasteiger partial charge in [0.1, 0.15) is 5.01 Å². The normalized spacial score (nSPS) is 15.6. The van der Waals surface area contributed by atoms with E-state index in [1.54, 1.807) is 11.3 Å². The molecule has 1 aromatic heterocycles. The van der Waals surface area contributed by atoms with E-state index in [1.807, 2.05) is 11.6 Å². The molecule has 1 unspecified atom stereocenters. The SMILES string of the molecule is CCCCCC(C)(N)c1nccs1. The van der Waals surface area contributed by atoms with Gasteiger partial charge in [-0.3, -0.25) is 0 Å². The van der Waals surface area contributed by atoms with Crippen LogP contribution in [0.5, 0.6) is 0 Å². The van der Waals surface area contributed by atoms with Gasteiger partial charge >= 0.3 is 0 Å². The maximum absolute atomic E-state index is 6.17. The monoisotopic (exact) mass is 198 g/mol. The van der Waals surface area contributed by atoms with Crippen molar-refractivity contribution in [3.63, 3.8) is 0 Å². The molecule has 1 rings (SSSR count). The van der Waals surface area contributed by atoms with Crippen molar-refractivity contribution in [2.24, 2.45) is 5.73 Å². The molecule has 0 radical (unpaired) electrons. The first-order valence-electron chi connectivity index (χ1n) is 4.85. The minimum atomic E-state index is -0.219. The summed E-state index contributed by atoms with van der Waals surface area (Å²) >= 11 is 1.65. The molecule has 0 fully saturated rings. The van der Waals surface area contributed by atoms with Gasteiger partial charge in [-0.25, -0.2) is 4.98 Å². The number of hydrogen-bond acceptors (Lipinski definition) is 3. The molecule has 2 nitrogen and oxygen atoms in total. The van der Waals surface area contributed by atoms with Gasteiger partial charge < -0.3 is 5.73 Å². The maximum atomic E-state index is 6.17. The highest BCUT2D eigenvalue weighted by molar-refractivity contribution is 7.09. The van der Waals surface area contributed by atoms with Crippen molar-refractivity contribution in [3.05, 3.63) is 16.6 Å². The topological polar surface area (TPSA) is 38.9 Å². The molecule has 0 saturated heterocycles. The highest BCUT2D eigenvalue weighted by Gasteiger charge is 2.22. The Morgan fingerprint density at radius 1 is 1.54 bits per heavy atom. The molecule has 13 heavy (non-hydrogen) atoms. The van der Waals surface area contributed by atoms with E-state index in [0.29, 0.717) is 0 Å². The van der Waals surface area contributed by atoms with Crippen LogP contribution >= 0.6 is 11.3 Å². The summed E-state index contributed by atoms with van der Waals surface area (Å²) in [6.45, 7) is 4.28. The summed E-state index contributed by atoms with van der Waals surface area (Å²) in [6, 6.07) is 0. The predicted octanol–water partition coefficient (Wildman–Crippen LogP) is 2.90.